The van der Waals surface area contributed by atoms with Gasteiger partial charge in [-0.2, -0.15) is 0 Å². The van der Waals surface area contributed by atoms with Gasteiger partial charge in [0.15, 0.2) is 0 Å². The third-order valence-corrected chi connectivity index (χ3v) is 0. The van der Waals surface area contributed by atoms with Crippen LogP contribution in [0, 0.1) is 0 Å². The van der Waals surface area contributed by atoms with Gasteiger partial charge in [0.25, 0.3) is 0 Å². The average molecular weight is 269 g/mol. The maximum absolute atomic E-state index is 8.25. The Morgan fingerprint density at radius 2 is 1.25 bits per heavy atom. The fourth-order valence-electron chi connectivity index (χ4n) is 0. The molecule has 0 unspecified atom stereocenters. The Hall–Kier alpha value is 1.84. The summed E-state index contributed by atoms with van der Waals surface area (Å²) in [4.78, 5) is 0. The molecule has 0 N–H and O–H groups in total. The fraction of sp³-hybridized carbons (Fsp3) is 0. The van der Waals surface area contributed by atoms with Crippen LogP contribution in [-0.4, -0.2) is 42.3 Å². The van der Waals surface area contributed by atoms with Crippen LogP contribution in [-0.2, 0) is 23.3 Å². The Morgan fingerprint density at radius 1 is 1.25 bits per heavy atom. The monoisotopic (exact) mass is 269 g/mol. The van der Waals surface area contributed by atoms with Crippen LogP contribution in [0.5, 0.6) is 0 Å². The summed E-state index contributed by atoms with van der Waals surface area (Å²) in [5.74, 6) is 0. The van der Waals surface area contributed by atoms with Crippen molar-refractivity contribution in [3.05, 3.63) is 0 Å². The summed E-state index contributed by atoms with van der Waals surface area (Å²) in [6.45, 7) is 0. The smallest absolute Gasteiger partial charge is 0 e. The van der Waals surface area contributed by atoms with Crippen molar-refractivity contribution in [3.8, 4) is 0 Å². The van der Waals surface area contributed by atoms with Gasteiger partial charge in [-0.05, 0) is 0 Å². The van der Waals surface area contributed by atoms with Crippen LogP contribution in [0.25, 0.3) is 0 Å². The van der Waals surface area contributed by atoms with Gasteiger partial charge in [0.2, 0.25) is 0 Å². The summed E-state index contributed by atoms with van der Waals surface area (Å²) >= 11 is 0.750. The van der Waals surface area contributed by atoms with Gasteiger partial charge in [0, 0.05) is 45.3 Å². The number of hydrogen-bond acceptors (Lipinski definition) is 1. The molecule has 0 bridgehead atoms. The summed E-state index contributed by atoms with van der Waals surface area (Å²) in [5, 5.41) is 0. The standard InChI is InChI=1S/GeO.In.Zn/c1-2;;. The molecule has 0 saturated heterocycles. The van der Waals surface area contributed by atoms with E-state index < -0.39 is 0 Å². The summed E-state index contributed by atoms with van der Waals surface area (Å²) in [6.07, 6.45) is 0. The maximum atomic E-state index is 8.25. The van der Waals surface area contributed by atoms with E-state index in [0.717, 1.165) is 16.5 Å². The van der Waals surface area contributed by atoms with Gasteiger partial charge in [0.05, 0.1) is 0 Å². The quantitative estimate of drug-likeness (QED) is 0.522. The molecule has 0 atom stereocenters. The van der Waals surface area contributed by atoms with Crippen LogP contribution in [0.3, 0.4) is 0 Å². The zero-order valence-corrected chi connectivity index (χ0v) is 10.6. The normalized spacial score (nSPS) is 1.00. The van der Waals surface area contributed by atoms with E-state index >= 15 is 0 Å². The van der Waals surface area contributed by atoms with E-state index in [4.69, 9.17) is 3.78 Å². The Bertz CT molecular complexity index is 8.00. The SMILES string of the molecule is [In].[O]=[Ge].[Zn]. The van der Waals surface area contributed by atoms with Crippen molar-refractivity contribution in [2.24, 2.45) is 0 Å². The zero-order chi connectivity index (χ0) is 2.00. The van der Waals surface area contributed by atoms with Crippen LogP contribution >= 0.6 is 0 Å². The topological polar surface area (TPSA) is 17.1 Å². The largest absolute Gasteiger partial charge is 0 e. The molecule has 5 radical (unpaired) electrons. The molecule has 0 amide bonds. The van der Waals surface area contributed by atoms with Gasteiger partial charge in [-0.25, -0.2) is 0 Å². The maximum Gasteiger partial charge on any atom is 0 e. The molecule has 15 valence electrons. The van der Waals surface area contributed by atoms with E-state index in [0.29, 0.717) is 0 Å². The molecule has 0 aliphatic carbocycles. The molecule has 0 saturated carbocycles. The van der Waals surface area contributed by atoms with Gasteiger partial charge >= 0.3 is 20.2 Å². The Morgan fingerprint density at radius 3 is 1.25 bits per heavy atom. The minimum Gasteiger partial charge on any atom is 0 e. The first-order chi connectivity index (χ1) is 1.00. The average Bonchev–Trinajstić information content (AvgIpc) is 1.00. The molecule has 1 nitrogen and oxygen atoms in total. The predicted molar refractivity (Wildman–Crippen MR) is 12.2 cm³/mol. The van der Waals surface area contributed by atoms with Crippen LogP contribution < -0.4 is 0 Å². The van der Waals surface area contributed by atoms with E-state index in [1.807, 2.05) is 0 Å². The molecule has 0 fully saturated rings. The van der Waals surface area contributed by atoms with Crippen molar-refractivity contribution < 1.29 is 23.3 Å². The van der Waals surface area contributed by atoms with Gasteiger partial charge < -0.3 is 0 Å². The molecule has 0 spiro atoms. The van der Waals surface area contributed by atoms with Gasteiger partial charge in [0.1, 0.15) is 0 Å². The van der Waals surface area contributed by atoms with E-state index in [9.17, 15) is 0 Å². The summed E-state index contributed by atoms with van der Waals surface area (Å²) < 4.78 is 8.25. The third-order valence-electron chi connectivity index (χ3n) is 0. The van der Waals surface area contributed by atoms with Crippen molar-refractivity contribution in [2.45, 2.75) is 0 Å². The molecule has 0 aromatic carbocycles. The molecule has 0 heterocycles. The van der Waals surface area contributed by atoms with Crippen LogP contribution in [0.15, 0.2) is 0 Å². The molecule has 0 aromatic rings. The van der Waals surface area contributed by atoms with Crippen molar-refractivity contribution in [3.63, 3.8) is 0 Å². The second-order valence-corrected chi connectivity index (χ2v) is 0. The summed E-state index contributed by atoms with van der Waals surface area (Å²) in [7, 11) is 0. The van der Waals surface area contributed by atoms with E-state index in [-0.39, 0.29) is 45.3 Å². The first-order valence-electron chi connectivity index (χ1n) is 0.204. The molecule has 0 aliphatic heterocycles. The third kappa shape index (κ3) is 9.15. The van der Waals surface area contributed by atoms with E-state index in [1.165, 1.54) is 0 Å². The van der Waals surface area contributed by atoms with Gasteiger partial charge in [-0.3, -0.25) is 0 Å². The van der Waals surface area contributed by atoms with Crippen molar-refractivity contribution in [1.82, 2.24) is 0 Å². The molecule has 4 heteroatoms. The van der Waals surface area contributed by atoms with E-state index in [1.54, 1.807) is 0 Å². The number of hydrogen-bond donors (Lipinski definition) is 0. The summed E-state index contributed by atoms with van der Waals surface area (Å²) in [5.41, 5.74) is 0. The Balaban J connectivity index is -0.00000000500. The molecule has 4 heavy (non-hydrogen) atoms. The molecular weight excluding hydrogens is 269 g/mol. The van der Waals surface area contributed by atoms with Crippen molar-refractivity contribution in [2.75, 3.05) is 0 Å². The van der Waals surface area contributed by atoms with Crippen molar-refractivity contribution in [1.29, 1.82) is 0 Å². The summed E-state index contributed by atoms with van der Waals surface area (Å²) in [6, 6.07) is 0. The minimum atomic E-state index is 0. The molecular formula is GeInOZn. The predicted octanol–water partition coefficient (Wildman–Crippen LogP) is -0.883. The van der Waals surface area contributed by atoms with Crippen LogP contribution in [0.2, 0.25) is 0 Å². The second-order valence-electron chi connectivity index (χ2n) is 0. The fourth-order valence-corrected chi connectivity index (χ4v) is 0. The van der Waals surface area contributed by atoms with Crippen molar-refractivity contribution >= 4 is 42.3 Å². The zero-order valence-electron chi connectivity index (χ0n) is 2.19. The van der Waals surface area contributed by atoms with Crippen LogP contribution in [0.1, 0.15) is 0 Å². The Kier molecular flexibility index (Phi) is 89.5. The molecule has 0 rings (SSSR count). The van der Waals surface area contributed by atoms with E-state index in [2.05, 4.69) is 0 Å². The van der Waals surface area contributed by atoms with Crippen LogP contribution in [0.4, 0.5) is 0 Å². The van der Waals surface area contributed by atoms with Gasteiger partial charge in [-0.1, -0.05) is 0 Å². The minimum absolute atomic E-state index is 0. The molecule has 0 aliphatic rings. The number of rotatable bonds is 0. The molecule has 0 aromatic heterocycles. The van der Waals surface area contributed by atoms with Gasteiger partial charge in [-0.15, -0.1) is 0 Å². The second kappa shape index (κ2) is 21.1. The first-order valence-corrected chi connectivity index (χ1v) is 1.06. The first kappa shape index (κ1) is 17.0. The Labute approximate surface area is 64.9 Å².